The van der Waals surface area contributed by atoms with Gasteiger partial charge in [-0.15, -0.1) is 0 Å². The number of carboxylic acids is 1. The van der Waals surface area contributed by atoms with Crippen molar-refractivity contribution in [3.63, 3.8) is 0 Å². The van der Waals surface area contributed by atoms with E-state index in [9.17, 15) is 4.79 Å². The Labute approximate surface area is 72.5 Å². The molecule has 0 aromatic heterocycles. The van der Waals surface area contributed by atoms with E-state index in [1.165, 1.54) is 0 Å². The molecule has 0 fully saturated rings. The lowest BCUT2D eigenvalue weighted by molar-refractivity contribution is -0.139. The van der Waals surface area contributed by atoms with E-state index >= 15 is 0 Å². The van der Waals surface area contributed by atoms with Crippen LogP contribution in [0.4, 0.5) is 0 Å². The third-order valence-corrected chi connectivity index (χ3v) is 1.50. The SMILES string of the molecule is O=C(O)CC(O)C(Cl)(Cl)Cl. The number of aliphatic carboxylic acids is 1. The van der Waals surface area contributed by atoms with Crippen LogP contribution in [0.15, 0.2) is 0 Å². The fourth-order valence-electron chi connectivity index (χ4n) is 0.281. The number of halogens is 3. The number of aliphatic hydroxyl groups is 1. The van der Waals surface area contributed by atoms with Gasteiger partial charge in [-0.05, 0) is 0 Å². The van der Waals surface area contributed by atoms with Gasteiger partial charge < -0.3 is 10.2 Å². The van der Waals surface area contributed by atoms with Crippen LogP contribution < -0.4 is 0 Å². The van der Waals surface area contributed by atoms with Gasteiger partial charge in [-0.3, -0.25) is 4.79 Å². The highest BCUT2D eigenvalue weighted by molar-refractivity contribution is 6.68. The Balaban J connectivity index is 3.85. The molecular weight excluding hydrogens is 202 g/mol. The van der Waals surface area contributed by atoms with E-state index < -0.39 is 22.3 Å². The molecule has 6 heteroatoms. The standard InChI is InChI=1S/C4H5Cl3O3/c5-4(6,7)2(8)1-3(9)10/h2,8H,1H2,(H,9,10). The summed E-state index contributed by atoms with van der Waals surface area (Å²) in [4.78, 5) is 9.92. The molecular formula is C4H5Cl3O3. The van der Waals surface area contributed by atoms with E-state index in [1.807, 2.05) is 0 Å². The maximum absolute atomic E-state index is 9.92. The summed E-state index contributed by atoms with van der Waals surface area (Å²) >= 11 is 15.4. The summed E-state index contributed by atoms with van der Waals surface area (Å²) in [5.74, 6) is -1.21. The molecule has 3 nitrogen and oxygen atoms in total. The maximum Gasteiger partial charge on any atom is 0.306 e. The van der Waals surface area contributed by atoms with Crippen LogP contribution in [0, 0.1) is 0 Å². The van der Waals surface area contributed by atoms with Crippen molar-refractivity contribution in [3.05, 3.63) is 0 Å². The number of carbonyl (C=O) groups is 1. The Bertz CT molecular complexity index is 130. The largest absolute Gasteiger partial charge is 0.481 e. The topological polar surface area (TPSA) is 57.5 Å². The van der Waals surface area contributed by atoms with Gasteiger partial charge >= 0.3 is 5.97 Å². The summed E-state index contributed by atoms with van der Waals surface area (Å²) < 4.78 is -1.92. The van der Waals surface area contributed by atoms with Gasteiger partial charge in [0.25, 0.3) is 0 Å². The van der Waals surface area contributed by atoms with Gasteiger partial charge in [0.05, 0.1) is 6.42 Å². The van der Waals surface area contributed by atoms with Crippen molar-refractivity contribution in [2.75, 3.05) is 0 Å². The number of hydrogen-bond donors (Lipinski definition) is 2. The van der Waals surface area contributed by atoms with Gasteiger partial charge in [-0.2, -0.15) is 0 Å². The summed E-state index contributed by atoms with van der Waals surface area (Å²) in [6, 6.07) is 0. The highest BCUT2D eigenvalue weighted by Gasteiger charge is 2.32. The zero-order valence-electron chi connectivity index (χ0n) is 4.72. The van der Waals surface area contributed by atoms with Gasteiger partial charge in [-0.1, -0.05) is 34.8 Å². The van der Waals surface area contributed by atoms with Gasteiger partial charge in [0.1, 0.15) is 6.10 Å². The molecule has 1 unspecified atom stereocenters. The number of aliphatic hydroxyl groups excluding tert-OH is 1. The van der Waals surface area contributed by atoms with Crippen LogP contribution in [0.2, 0.25) is 0 Å². The van der Waals surface area contributed by atoms with Crippen LogP contribution >= 0.6 is 34.8 Å². The van der Waals surface area contributed by atoms with Crippen molar-refractivity contribution in [1.29, 1.82) is 0 Å². The van der Waals surface area contributed by atoms with Crippen LogP contribution in [0.1, 0.15) is 6.42 Å². The second kappa shape index (κ2) is 3.62. The van der Waals surface area contributed by atoms with Gasteiger partial charge in [0, 0.05) is 0 Å². The van der Waals surface area contributed by atoms with Crippen molar-refractivity contribution in [2.24, 2.45) is 0 Å². The summed E-state index contributed by atoms with van der Waals surface area (Å²) in [5, 5.41) is 16.9. The van der Waals surface area contributed by atoms with E-state index in [2.05, 4.69) is 0 Å². The quantitative estimate of drug-likeness (QED) is 0.669. The number of hydrogen-bond acceptors (Lipinski definition) is 2. The molecule has 0 saturated carbocycles. The van der Waals surface area contributed by atoms with Crippen molar-refractivity contribution < 1.29 is 15.0 Å². The van der Waals surface area contributed by atoms with E-state index in [4.69, 9.17) is 45.0 Å². The molecule has 0 aliphatic heterocycles. The molecule has 0 spiro atoms. The lowest BCUT2D eigenvalue weighted by Gasteiger charge is -2.15. The second-order valence-electron chi connectivity index (χ2n) is 1.66. The molecule has 2 N–H and O–H groups in total. The predicted molar refractivity (Wildman–Crippen MR) is 38.5 cm³/mol. The maximum atomic E-state index is 9.92. The van der Waals surface area contributed by atoms with Crippen LogP contribution in [0.3, 0.4) is 0 Å². The molecule has 10 heavy (non-hydrogen) atoms. The number of alkyl halides is 3. The van der Waals surface area contributed by atoms with E-state index in [1.54, 1.807) is 0 Å². The fraction of sp³-hybridized carbons (Fsp3) is 0.750. The molecule has 60 valence electrons. The number of carboxylic acid groups (broad SMARTS) is 1. The lowest BCUT2D eigenvalue weighted by Crippen LogP contribution is -2.27. The Morgan fingerprint density at radius 3 is 2.00 bits per heavy atom. The van der Waals surface area contributed by atoms with Crippen molar-refractivity contribution in [2.45, 2.75) is 16.3 Å². The predicted octanol–water partition coefficient (Wildman–Crippen LogP) is 1.19. The molecule has 0 aliphatic carbocycles. The third-order valence-electron chi connectivity index (χ3n) is 0.746. The minimum atomic E-state index is -1.92. The highest BCUT2D eigenvalue weighted by Crippen LogP contribution is 2.31. The average molecular weight is 207 g/mol. The monoisotopic (exact) mass is 206 g/mol. The summed E-state index contributed by atoms with van der Waals surface area (Å²) in [6.45, 7) is 0. The van der Waals surface area contributed by atoms with Crippen LogP contribution in [0.25, 0.3) is 0 Å². The first-order valence-corrected chi connectivity index (χ1v) is 3.44. The Morgan fingerprint density at radius 1 is 1.50 bits per heavy atom. The van der Waals surface area contributed by atoms with E-state index in [0.29, 0.717) is 0 Å². The molecule has 0 radical (unpaired) electrons. The molecule has 0 rings (SSSR count). The summed E-state index contributed by atoms with van der Waals surface area (Å²) in [6.07, 6.45) is -2.04. The third kappa shape index (κ3) is 4.17. The van der Waals surface area contributed by atoms with Crippen molar-refractivity contribution in [1.82, 2.24) is 0 Å². The Hall–Kier alpha value is 0.300. The van der Waals surface area contributed by atoms with Crippen molar-refractivity contribution in [3.8, 4) is 0 Å². The normalized spacial score (nSPS) is 14.8. The van der Waals surface area contributed by atoms with Gasteiger partial charge in [0.2, 0.25) is 3.79 Å². The van der Waals surface area contributed by atoms with Gasteiger partial charge in [-0.25, -0.2) is 0 Å². The number of rotatable bonds is 2. The van der Waals surface area contributed by atoms with E-state index in [-0.39, 0.29) is 0 Å². The molecule has 0 aromatic carbocycles. The van der Waals surface area contributed by atoms with Gasteiger partial charge in [0.15, 0.2) is 0 Å². The molecule has 0 bridgehead atoms. The second-order valence-corrected chi connectivity index (χ2v) is 4.02. The molecule has 1 atom stereocenters. The lowest BCUT2D eigenvalue weighted by atomic mass is 10.3. The Kier molecular flexibility index (Phi) is 3.73. The molecule has 0 amide bonds. The first-order valence-electron chi connectivity index (χ1n) is 2.30. The average Bonchev–Trinajstić information content (AvgIpc) is 1.60. The van der Waals surface area contributed by atoms with E-state index in [0.717, 1.165) is 0 Å². The van der Waals surface area contributed by atoms with Crippen LogP contribution in [0.5, 0.6) is 0 Å². The summed E-state index contributed by atoms with van der Waals surface area (Å²) in [7, 11) is 0. The smallest absolute Gasteiger partial charge is 0.306 e. The fourth-order valence-corrected chi connectivity index (χ4v) is 0.513. The van der Waals surface area contributed by atoms with Crippen LogP contribution in [-0.2, 0) is 4.79 Å². The molecule has 0 heterocycles. The summed E-state index contributed by atoms with van der Waals surface area (Å²) in [5.41, 5.74) is 0. The highest BCUT2D eigenvalue weighted by atomic mass is 35.6. The zero-order chi connectivity index (χ0) is 8.36. The first kappa shape index (κ1) is 10.3. The molecule has 0 aliphatic rings. The van der Waals surface area contributed by atoms with Crippen molar-refractivity contribution >= 4 is 40.8 Å². The minimum absolute atomic E-state index is 0.573. The molecule has 0 aromatic rings. The Morgan fingerprint density at radius 2 is 1.90 bits per heavy atom. The zero-order valence-corrected chi connectivity index (χ0v) is 6.99. The van der Waals surface area contributed by atoms with Crippen LogP contribution in [-0.4, -0.2) is 26.1 Å². The first-order chi connectivity index (χ1) is 4.34. The molecule has 0 saturated heterocycles. The minimum Gasteiger partial charge on any atom is -0.481 e.